The highest BCUT2D eigenvalue weighted by Gasteiger charge is 2.26. The molecule has 1 saturated carbocycles. The molecule has 19 heavy (non-hydrogen) atoms. The lowest BCUT2D eigenvalue weighted by Crippen LogP contribution is -1.94. The van der Waals surface area contributed by atoms with Crippen molar-refractivity contribution in [2.75, 3.05) is 0 Å². The number of hydrogen-bond acceptors (Lipinski definition) is 2. The van der Waals surface area contributed by atoms with Gasteiger partial charge in [0.05, 0.1) is 11.6 Å². The number of benzene rings is 1. The van der Waals surface area contributed by atoms with Crippen LogP contribution in [-0.4, -0.2) is 10.4 Å². The highest BCUT2D eigenvalue weighted by atomic mass is 16.1. The fraction of sp³-hybridized carbons (Fsp3) is 0.375. The number of aromatic nitrogens is 1. The minimum Gasteiger partial charge on any atom is -0.347 e. The van der Waals surface area contributed by atoms with E-state index in [1.54, 1.807) is 0 Å². The molecule has 0 aliphatic heterocycles. The standard InChI is InChI=1S/C16H16N2O/c1-2-18-10-15(12-4-5-13(19)8-12)14-7-11(9-17)3-6-16(14)18/h3,6-7,10,12H,2,4-5,8H2,1H3. The van der Waals surface area contributed by atoms with E-state index in [2.05, 4.69) is 23.8 Å². The van der Waals surface area contributed by atoms with Gasteiger partial charge in [-0.3, -0.25) is 4.79 Å². The number of carbonyl (C=O) groups is 1. The summed E-state index contributed by atoms with van der Waals surface area (Å²) in [6.45, 7) is 3.02. The summed E-state index contributed by atoms with van der Waals surface area (Å²) >= 11 is 0. The largest absolute Gasteiger partial charge is 0.347 e. The molecule has 3 nitrogen and oxygen atoms in total. The summed E-state index contributed by atoms with van der Waals surface area (Å²) in [7, 11) is 0. The molecule has 1 aromatic heterocycles. The summed E-state index contributed by atoms with van der Waals surface area (Å²) in [4.78, 5) is 11.5. The minimum absolute atomic E-state index is 0.330. The van der Waals surface area contributed by atoms with Gasteiger partial charge in [-0.1, -0.05) is 0 Å². The Morgan fingerprint density at radius 3 is 2.95 bits per heavy atom. The zero-order valence-corrected chi connectivity index (χ0v) is 11.0. The third-order valence-electron chi connectivity index (χ3n) is 4.07. The van der Waals surface area contributed by atoms with Gasteiger partial charge in [0, 0.05) is 36.5 Å². The molecule has 1 fully saturated rings. The monoisotopic (exact) mass is 252 g/mol. The molecule has 0 bridgehead atoms. The second kappa shape index (κ2) is 4.55. The van der Waals surface area contributed by atoms with Crippen LogP contribution in [0.3, 0.4) is 0 Å². The van der Waals surface area contributed by atoms with Crippen molar-refractivity contribution in [3.05, 3.63) is 35.5 Å². The van der Waals surface area contributed by atoms with E-state index >= 15 is 0 Å². The summed E-state index contributed by atoms with van der Waals surface area (Å²) in [5.74, 6) is 0.690. The topological polar surface area (TPSA) is 45.8 Å². The Labute approximate surface area is 112 Å². The maximum atomic E-state index is 11.5. The minimum atomic E-state index is 0.330. The van der Waals surface area contributed by atoms with Gasteiger partial charge in [0.25, 0.3) is 0 Å². The summed E-state index contributed by atoms with van der Waals surface area (Å²) in [6.07, 6.45) is 4.45. The van der Waals surface area contributed by atoms with Gasteiger partial charge >= 0.3 is 0 Å². The lowest BCUT2D eigenvalue weighted by molar-refractivity contribution is -0.117. The molecule has 0 spiro atoms. The van der Waals surface area contributed by atoms with E-state index in [0.29, 0.717) is 30.1 Å². The van der Waals surface area contributed by atoms with Gasteiger partial charge in [0.15, 0.2) is 0 Å². The first-order valence-corrected chi connectivity index (χ1v) is 6.77. The zero-order chi connectivity index (χ0) is 13.4. The second-order valence-corrected chi connectivity index (χ2v) is 5.19. The van der Waals surface area contributed by atoms with Crippen molar-refractivity contribution in [1.82, 2.24) is 4.57 Å². The summed E-state index contributed by atoms with van der Waals surface area (Å²) in [5, 5.41) is 10.2. The van der Waals surface area contributed by atoms with Crippen molar-refractivity contribution in [2.24, 2.45) is 0 Å². The fourth-order valence-corrected chi connectivity index (χ4v) is 3.06. The van der Waals surface area contributed by atoms with Gasteiger partial charge in [0.2, 0.25) is 0 Å². The Kier molecular flexibility index (Phi) is 2.87. The molecular formula is C16H16N2O. The van der Waals surface area contributed by atoms with E-state index in [1.165, 1.54) is 5.56 Å². The first-order chi connectivity index (χ1) is 9.22. The summed E-state index contributed by atoms with van der Waals surface area (Å²) in [5.41, 5.74) is 3.09. The average molecular weight is 252 g/mol. The van der Waals surface area contributed by atoms with Crippen LogP contribution in [0.5, 0.6) is 0 Å². The van der Waals surface area contributed by atoms with Crippen LogP contribution < -0.4 is 0 Å². The fourth-order valence-electron chi connectivity index (χ4n) is 3.06. The van der Waals surface area contributed by atoms with Gasteiger partial charge in [-0.2, -0.15) is 5.26 Å². The van der Waals surface area contributed by atoms with Crippen LogP contribution in [0, 0.1) is 11.3 Å². The molecule has 2 aromatic rings. The molecular weight excluding hydrogens is 236 g/mol. The van der Waals surface area contributed by atoms with Gasteiger partial charge in [0.1, 0.15) is 5.78 Å². The summed E-state index contributed by atoms with van der Waals surface area (Å²) < 4.78 is 2.20. The number of Topliss-reactive ketones (excluding diaryl/α,β-unsaturated/α-hetero) is 1. The zero-order valence-electron chi connectivity index (χ0n) is 11.0. The maximum Gasteiger partial charge on any atom is 0.133 e. The van der Waals surface area contributed by atoms with Crippen LogP contribution in [0.2, 0.25) is 0 Å². The number of nitrogens with zero attached hydrogens (tertiary/aromatic N) is 2. The van der Waals surface area contributed by atoms with Gasteiger partial charge in [-0.15, -0.1) is 0 Å². The van der Waals surface area contributed by atoms with Crippen molar-refractivity contribution < 1.29 is 4.79 Å². The highest BCUT2D eigenvalue weighted by Crippen LogP contribution is 2.37. The number of aryl methyl sites for hydroxylation is 1. The molecule has 3 heteroatoms. The number of nitriles is 1. The molecule has 1 aliphatic rings. The lowest BCUT2D eigenvalue weighted by atomic mass is 9.96. The Morgan fingerprint density at radius 2 is 2.32 bits per heavy atom. The predicted octanol–water partition coefficient (Wildman–Crippen LogP) is 3.37. The maximum absolute atomic E-state index is 11.5. The van der Waals surface area contributed by atoms with E-state index in [4.69, 9.17) is 5.26 Å². The molecule has 0 saturated heterocycles. The van der Waals surface area contributed by atoms with Crippen LogP contribution >= 0.6 is 0 Å². The van der Waals surface area contributed by atoms with Crippen LogP contribution in [-0.2, 0) is 11.3 Å². The van der Waals surface area contributed by atoms with Gasteiger partial charge in [-0.25, -0.2) is 0 Å². The van der Waals surface area contributed by atoms with Gasteiger partial charge in [-0.05, 0) is 43.0 Å². The van der Waals surface area contributed by atoms with Crippen LogP contribution in [0.1, 0.15) is 43.2 Å². The molecule has 0 radical (unpaired) electrons. The van der Waals surface area contributed by atoms with Crippen molar-refractivity contribution >= 4 is 16.7 Å². The number of ketones is 1. The Balaban J connectivity index is 2.17. The number of rotatable bonds is 2. The first-order valence-electron chi connectivity index (χ1n) is 6.77. The molecule has 96 valence electrons. The van der Waals surface area contributed by atoms with Gasteiger partial charge < -0.3 is 4.57 Å². The lowest BCUT2D eigenvalue weighted by Gasteiger charge is -2.06. The number of fused-ring (bicyclic) bond motifs is 1. The Morgan fingerprint density at radius 1 is 1.47 bits per heavy atom. The Hall–Kier alpha value is -2.08. The molecule has 3 rings (SSSR count). The van der Waals surface area contributed by atoms with Crippen LogP contribution in [0.15, 0.2) is 24.4 Å². The van der Waals surface area contributed by atoms with E-state index < -0.39 is 0 Å². The van der Waals surface area contributed by atoms with Crippen LogP contribution in [0.25, 0.3) is 10.9 Å². The number of carbonyl (C=O) groups excluding carboxylic acids is 1. The molecule has 0 amide bonds. The van der Waals surface area contributed by atoms with Crippen molar-refractivity contribution in [1.29, 1.82) is 5.26 Å². The van der Waals surface area contributed by atoms with Crippen LogP contribution in [0.4, 0.5) is 0 Å². The predicted molar refractivity (Wildman–Crippen MR) is 73.9 cm³/mol. The second-order valence-electron chi connectivity index (χ2n) is 5.19. The van der Waals surface area contributed by atoms with E-state index in [1.807, 2.05) is 18.2 Å². The molecule has 1 atom stereocenters. The van der Waals surface area contributed by atoms with Crippen molar-refractivity contribution in [2.45, 2.75) is 38.6 Å². The average Bonchev–Trinajstić information content (AvgIpc) is 3.01. The van der Waals surface area contributed by atoms with E-state index in [-0.39, 0.29) is 0 Å². The number of hydrogen-bond donors (Lipinski definition) is 0. The van der Waals surface area contributed by atoms with E-state index in [9.17, 15) is 4.79 Å². The van der Waals surface area contributed by atoms with Crippen molar-refractivity contribution in [3.8, 4) is 6.07 Å². The molecule has 1 unspecified atom stereocenters. The highest BCUT2D eigenvalue weighted by molar-refractivity contribution is 5.88. The normalized spacial score (nSPS) is 18.9. The first kappa shape index (κ1) is 12.0. The SMILES string of the molecule is CCn1cc(C2CCC(=O)C2)c2cc(C#N)ccc21. The summed E-state index contributed by atoms with van der Waals surface area (Å²) in [6, 6.07) is 8.03. The third kappa shape index (κ3) is 1.94. The smallest absolute Gasteiger partial charge is 0.133 e. The Bertz CT molecular complexity index is 691. The van der Waals surface area contributed by atoms with E-state index in [0.717, 1.165) is 23.9 Å². The molecule has 0 N–H and O–H groups in total. The molecule has 1 heterocycles. The molecule has 1 aromatic carbocycles. The van der Waals surface area contributed by atoms with Crippen molar-refractivity contribution in [3.63, 3.8) is 0 Å². The third-order valence-corrected chi connectivity index (χ3v) is 4.07. The molecule has 1 aliphatic carbocycles. The quantitative estimate of drug-likeness (QED) is 0.822.